The van der Waals surface area contributed by atoms with E-state index in [-0.39, 0.29) is 31.1 Å². The monoisotopic (exact) mass is 923 g/mol. The maximum absolute atomic E-state index is 12.8. The van der Waals surface area contributed by atoms with Gasteiger partial charge in [-0.3, -0.25) is 14.4 Å². The molecular formula is C60H106O6. The zero-order chi connectivity index (χ0) is 47.9. The molecule has 0 saturated heterocycles. The Morgan fingerprint density at radius 1 is 0.303 bits per heavy atom. The van der Waals surface area contributed by atoms with E-state index in [1.54, 1.807) is 0 Å². The van der Waals surface area contributed by atoms with Crippen LogP contribution in [-0.4, -0.2) is 37.2 Å². The average molecular weight is 924 g/mol. The smallest absolute Gasteiger partial charge is 0.306 e. The number of hydrogen-bond donors (Lipinski definition) is 0. The minimum absolute atomic E-state index is 0.0869. The van der Waals surface area contributed by atoms with Gasteiger partial charge in [0.05, 0.1) is 0 Å². The lowest BCUT2D eigenvalue weighted by atomic mass is 10.1. The standard InChI is InChI=1S/C60H106O6/c1-4-7-10-13-16-19-22-24-26-28-30-32-33-35-38-41-44-47-50-53-59(62)65-56-57(55-64-58(61)52-49-46-43-40-37-21-18-15-12-9-6-3)66-60(63)54-51-48-45-42-39-36-34-31-29-27-25-23-20-17-14-11-8-5-2/h15,18,23,25,27-31,34,57H,4-14,16-17,19-22,24,26,32-33,35-56H2,1-3H3/b18-15-,25-23-,29-27-,30-28-,34-31-. The third-order valence-corrected chi connectivity index (χ3v) is 12.3. The molecule has 0 saturated carbocycles. The van der Waals surface area contributed by atoms with Crippen LogP contribution >= 0.6 is 0 Å². The maximum Gasteiger partial charge on any atom is 0.306 e. The first-order valence-corrected chi connectivity index (χ1v) is 28.3. The molecule has 0 bridgehead atoms. The van der Waals surface area contributed by atoms with Crippen LogP contribution in [0.25, 0.3) is 0 Å². The molecule has 0 aliphatic heterocycles. The van der Waals surface area contributed by atoms with Gasteiger partial charge in [-0.1, -0.05) is 236 Å². The maximum atomic E-state index is 12.8. The van der Waals surface area contributed by atoms with Gasteiger partial charge in [0.25, 0.3) is 0 Å². The Kier molecular flexibility index (Phi) is 52.3. The molecule has 0 spiro atoms. The summed E-state index contributed by atoms with van der Waals surface area (Å²) in [5.41, 5.74) is 0. The predicted molar refractivity (Wildman–Crippen MR) is 284 cm³/mol. The van der Waals surface area contributed by atoms with Gasteiger partial charge in [-0.25, -0.2) is 0 Å². The van der Waals surface area contributed by atoms with Crippen LogP contribution in [0.2, 0.25) is 0 Å². The molecule has 0 aromatic rings. The van der Waals surface area contributed by atoms with Crippen LogP contribution in [0.3, 0.4) is 0 Å². The molecular weight excluding hydrogens is 817 g/mol. The Balaban J connectivity index is 4.38. The van der Waals surface area contributed by atoms with Gasteiger partial charge in [0.2, 0.25) is 0 Å². The van der Waals surface area contributed by atoms with Crippen LogP contribution in [0.5, 0.6) is 0 Å². The molecule has 0 fully saturated rings. The van der Waals surface area contributed by atoms with E-state index in [9.17, 15) is 14.4 Å². The van der Waals surface area contributed by atoms with E-state index in [0.29, 0.717) is 19.3 Å². The van der Waals surface area contributed by atoms with Crippen LogP contribution in [-0.2, 0) is 28.6 Å². The Morgan fingerprint density at radius 3 is 0.924 bits per heavy atom. The van der Waals surface area contributed by atoms with E-state index < -0.39 is 6.10 Å². The summed E-state index contributed by atoms with van der Waals surface area (Å²) in [4.78, 5) is 38.1. The molecule has 0 N–H and O–H groups in total. The third-order valence-electron chi connectivity index (χ3n) is 12.3. The highest BCUT2D eigenvalue weighted by molar-refractivity contribution is 5.71. The first-order valence-electron chi connectivity index (χ1n) is 28.3. The molecule has 0 amide bonds. The lowest BCUT2D eigenvalue weighted by Gasteiger charge is -2.18. The van der Waals surface area contributed by atoms with Gasteiger partial charge in [0.15, 0.2) is 6.10 Å². The van der Waals surface area contributed by atoms with Gasteiger partial charge in [0.1, 0.15) is 13.2 Å². The van der Waals surface area contributed by atoms with Crippen LogP contribution in [0.1, 0.15) is 284 Å². The Morgan fingerprint density at radius 2 is 0.576 bits per heavy atom. The van der Waals surface area contributed by atoms with Crippen LogP contribution < -0.4 is 0 Å². The van der Waals surface area contributed by atoms with Gasteiger partial charge in [-0.2, -0.15) is 0 Å². The predicted octanol–water partition coefficient (Wildman–Crippen LogP) is 18.8. The highest BCUT2D eigenvalue weighted by Gasteiger charge is 2.19. The number of esters is 3. The first-order chi connectivity index (χ1) is 32.5. The second-order valence-electron chi connectivity index (χ2n) is 18.9. The molecule has 6 nitrogen and oxygen atoms in total. The second-order valence-corrected chi connectivity index (χ2v) is 18.9. The molecule has 0 rings (SSSR count). The van der Waals surface area contributed by atoms with Gasteiger partial charge in [-0.15, -0.1) is 0 Å². The Labute approximate surface area is 409 Å². The van der Waals surface area contributed by atoms with Crippen LogP contribution in [0.4, 0.5) is 0 Å². The van der Waals surface area contributed by atoms with Crippen molar-refractivity contribution in [2.24, 2.45) is 0 Å². The second kappa shape index (κ2) is 54.7. The van der Waals surface area contributed by atoms with Crippen LogP contribution in [0, 0.1) is 0 Å². The largest absolute Gasteiger partial charge is 0.462 e. The first kappa shape index (κ1) is 63.1. The highest BCUT2D eigenvalue weighted by atomic mass is 16.6. The lowest BCUT2D eigenvalue weighted by molar-refractivity contribution is -0.167. The summed E-state index contributed by atoms with van der Waals surface area (Å²) in [6.07, 6.45) is 67.8. The van der Waals surface area contributed by atoms with E-state index in [0.717, 1.165) is 89.9 Å². The molecule has 0 radical (unpaired) electrons. The van der Waals surface area contributed by atoms with Gasteiger partial charge in [-0.05, 0) is 89.9 Å². The number of carbonyl (C=O) groups excluding carboxylic acids is 3. The molecule has 0 aromatic heterocycles. The zero-order valence-corrected chi connectivity index (χ0v) is 43.7. The van der Waals surface area contributed by atoms with Crippen molar-refractivity contribution in [3.63, 3.8) is 0 Å². The number of hydrogen-bond acceptors (Lipinski definition) is 6. The summed E-state index contributed by atoms with van der Waals surface area (Å²) < 4.78 is 16.8. The number of rotatable bonds is 51. The van der Waals surface area contributed by atoms with E-state index in [2.05, 4.69) is 81.5 Å². The summed E-state index contributed by atoms with van der Waals surface area (Å²) in [5, 5.41) is 0. The normalized spacial score (nSPS) is 12.5. The zero-order valence-electron chi connectivity index (χ0n) is 43.7. The van der Waals surface area contributed by atoms with Gasteiger partial charge < -0.3 is 14.2 Å². The molecule has 66 heavy (non-hydrogen) atoms. The molecule has 0 heterocycles. The van der Waals surface area contributed by atoms with Crippen molar-refractivity contribution in [3.05, 3.63) is 60.8 Å². The molecule has 382 valence electrons. The molecule has 1 unspecified atom stereocenters. The molecule has 0 aliphatic carbocycles. The van der Waals surface area contributed by atoms with Crippen molar-refractivity contribution < 1.29 is 28.6 Å². The van der Waals surface area contributed by atoms with Crippen molar-refractivity contribution in [1.82, 2.24) is 0 Å². The van der Waals surface area contributed by atoms with E-state index in [4.69, 9.17) is 14.2 Å². The van der Waals surface area contributed by atoms with Crippen molar-refractivity contribution >= 4 is 17.9 Å². The quantitative estimate of drug-likeness (QED) is 0.0199. The van der Waals surface area contributed by atoms with Crippen molar-refractivity contribution in [2.75, 3.05) is 13.2 Å². The molecule has 6 heteroatoms. The number of allylic oxidation sites excluding steroid dienone is 10. The van der Waals surface area contributed by atoms with Crippen LogP contribution in [0.15, 0.2) is 60.8 Å². The molecule has 0 aromatic carbocycles. The van der Waals surface area contributed by atoms with Gasteiger partial charge >= 0.3 is 17.9 Å². The minimum Gasteiger partial charge on any atom is -0.462 e. The fraction of sp³-hybridized carbons (Fsp3) is 0.783. The summed E-state index contributed by atoms with van der Waals surface area (Å²) in [7, 11) is 0. The Hall–Kier alpha value is -2.89. The topological polar surface area (TPSA) is 78.9 Å². The number of unbranched alkanes of at least 4 members (excludes halogenated alkanes) is 32. The van der Waals surface area contributed by atoms with Gasteiger partial charge in [0, 0.05) is 19.3 Å². The van der Waals surface area contributed by atoms with Crippen molar-refractivity contribution in [3.8, 4) is 0 Å². The Bertz CT molecular complexity index is 1200. The highest BCUT2D eigenvalue weighted by Crippen LogP contribution is 2.15. The number of carbonyl (C=O) groups is 3. The summed E-state index contributed by atoms with van der Waals surface area (Å²) in [5.74, 6) is -0.913. The molecule has 0 aliphatic rings. The van der Waals surface area contributed by atoms with Crippen molar-refractivity contribution in [2.45, 2.75) is 290 Å². The summed E-state index contributed by atoms with van der Waals surface area (Å²) in [6.45, 7) is 6.58. The van der Waals surface area contributed by atoms with E-state index in [1.807, 2.05) is 0 Å². The fourth-order valence-electron chi connectivity index (χ4n) is 7.95. The van der Waals surface area contributed by atoms with E-state index >= 15 is 0 Å². The third kappa shape index (κ3) is 52.1. The fourth-order valence-corrected chi connectivity index (χ4v) is 7.95. The number of ether oxygens (including phenoxy) is 3. The molecule has 1 atom stereocenters. The SMILES string of the molecule is CCCC/C=C\CCCCCCCC(=O)OCC(COC(=O)CCCCCCCCC/C=C\CCCCCCCCCC)OC(=O)CCCCCCC\C=C/C=C\C=C/CCCCCCC. The van der Waals surface area contributed by atoms with E-state index in [1.165, 1.54) is 154 Å². The summed E-state index contributed by atoms with van der Waals surface area (Å²) >= 11 is 0. The lowest BCUT2D eigenvalue weighted by Crippen LogP contribution is -2.30. The summed E-state index contributed by atoms with van der Waals surface area (Å²) in [6, 6.07) is 0. The average Bonchev–Trinajstić information content (AvgIpc) is 3.31. The van der Waals surface area contributed by atoms with Crippen molar-refractivity contribution in [1.29, 1.82) is 0 Å². The minimum atomic E-state index is -0.789.